The molecule has 0 fully saturated rings. The molecule has 0 radical (unpaired) electrons. The standard InChI is InChI=1S/C13H19N3O4/c1-10(9-14)15(2)13(17)7-8-20-12-6-4-3-5-11(12)16(18)19/h3-6,10H,7-9,14H2,1-2H3. The fourth-order valence-electron chi connectivity index (χ4n) is 1.56. The lowest BCUT2D eigenvalue weighted by atomic mass is 10.2. The molecule has 0 saturated carbocycles. The monoisotopic (exact) mass is 281 g/mol. The summed E-state index contributed by atoms with van der Waals surface area (Å²) in [6, 6.07) is 6.03. The molecule has 0 saturated heterocycles. The van der Waals surface area contributed by atoms with Crippen LogP contribution in [0.15, 0.2) is 24.3 Å². The molecule has 1 aromatic rings. The number of nitrogens with two attached hydrogens (primary N) is 1. The van der Waals surface area contributed by atoms with Crippen LogP contribution in [0.5, 0.6) is 5.75 Å². The molecule has 1 amide bonds. The van der Waals surface area contributed by atoms with Crippen LogP contribution in [0.4, 0.5) is 5.69 Å². The quantitative estimate of drug-likeness (QED) is 0.597. The second-order valence-corrected chi connectivity index (χ2v) is 4.41. The summed E-state index contributed by atoms with van der Waals surface area (Å²) in [6.45, 7) is 2.32. The molecule has 0 aliphatic rings. The van der Waals surface area contributed by atoms with Gasteiger partial charge in [-0.2, -0.15) is 0 Å². The summed E-state index contributed by atoms with van der Waals surface area (Å²) in [5, 5.41) is 10.8. The van der Waals surface area contributed by atoms with Crippen molar-refractivity contribution in [3.8, 4) is 5.75 Å². The minimum atomic E-state index is -0.514. The molecule has 0 heterocycles. The summed E-state index contributed by atoms with van der Waals surface area (Å²) in [7, 11) is 1.67. The lowest BCUT2D eigenvalue weighted by Crippen LogP contribution is -2.40. The predicted molar refractivity (Wildman–Crippen MR) is 74.5 cm³/mol. The summed E-state index contributed by atoms with van der Waals surface area (Å²) < 4.78 is 5.31. The van der Waals surface area contributed by atoms with Gasteiger partial charge in [0.05, 0.1) is 18.0 Å². The van der Waals surface area contributed by atoms with Crippen molar-refractivity contribution in [1.29, 1.82) is 0 Å². The first-order valence-electron chi connectivity index (χ1n) is 6.29. The van der Waals surface area contributed by atoms with Crippen LogP contribution in [0.3, 0.4) is 0 Å². The van der Waals surface area contributed by atoms with Gasteiger partial charge in [0.25, 0.3) is 0 Å². The van der Waals surface area contributed by atoms with Gasteiger partial charge in [-0.3, -0.25) is 14.9 Å². The van der Waals surface area contributed by atoms with Crippen LogP contribution in [0.2, 0.25) is 0 Å². The Balaban J connectivity index is 2.53. The molecule has 0 aromatic heterocycles. The van der Waals surface area contributed by atoms with Crippen molar-refractivity contribution < 1.29 is 14.5 Å². The van der Waals surface area contributed by atoms with Crippen molar-refractivity contribution in [3.05, 3.63) is 34.4 Å². The number of rotatable bonds is 7. The van der Waals surface area contributed by atoms with Crippen LogP contribution in [-0.4, -0.2) is 42.0 Å². The number of likely N-dealkylation sites (N-methyl/N-ethyl adjacent to an activating group) is 1. The number of amides is 1. The van der Waals surface area contributed by atoms with Crippen LogP contribution in [-0.2, 0) is 4.79 Å². The topological polar surface area (TPSA) is 98.7 Å². The Kier molecular flexibility index (Phi) is 5.92. The molecular weight excluding hydrogens is 262 g/mol. The second-order valence-electron chi connectivity index (χ2n) is 4.41. The fraction of sp³-hybridized carbons (Fsp3) is 0.462. The lowest BCUT2D eigenvalue weighted by Gasteiger charge is -2.23. The average molecular weight is 281 g/mol. The highest BCUT2D eigenvalue weighted by Crippen LogP contribution is 2.25. The molecule has 110 valence electrons. The third kappa shape index (κ3) is 4.20. The zero-order chi connectivity index (χ0) is 15.1. The highest BCUT2D eigenvalue weighted by molar-refractivity contribution is 5.76. The highest BCUT2D eigenvalue weighted by atomic mass is 16.6. The third-order valence-corrected chi connectivity index (χ3v) is 3.03. The smallest absolute Gasteiger partial charge is 0.310 e. The molecule has 0 bridgehead atoms. The van der Waals surface area contributed by atoms with E-state index < -0.39 is 4.92 Å². The zero-order valence-electron chi connectivity index (χ0n) is 11.6. The van der Waals surface area contributed by atoms with Crippen LogP contribution < -0.4 is 10.5 Å². The molecule has 1 atom stereocenters. The van der Waals surface area contributed by atoms with Crippen molar-refractivity contribution in [2.24, 2.45) is 5.73 Å². The number of nitro groups is 1. The normalized spacial score (nSPS) is 11.8. The molecule has 7 nitrogen and oxygen atoms in total. The molecule has 1 aromatic carbocycles. The first-order chi connectivity index (χ1) is 9.47. The van der Waals surface area contributed by atoms with E-state index in [1.165, 1.54) is 12.1 Å². The van der Waals surface area contributed by atoms with Gasteiger partial charge in [0.15, 0.2) is 5.75 Å². The molecule has 1 unspecified atom stereocenters. The Bertz CT molecular complexity index is 478. The summed E-state index contributed by atoms with van der Waals surface area (Å²) in [4.78, 5) is 23.6. The molecule has 20 heavy (non-hydrogen) atoms. The summed E-state index contributed by atoms with van der Waals surface area (Å²) in [6.07, 6.45) is 0.146. The summed E-state index contributed by atoms with van der Waals surface area (Å²) in [5.41, 5.74) is 5.38. The number of benzene rings is 1. The minimum absolute atomic E-state index is 0.0476. The average Bonchev–Trinajstić information content (AvgIpc) is 2.45. The van der Waals surface area contributed by atoms with Crippen LogP contribution >= 0.6 is 0 Å². The van der Waals surface area contributed by atoms with Crippen LogP contribution in [0.1, 0.15) is 13.3 Å². The van der Waals surface area contributed by atoms with E-state index in [4.69, 9.17) is 10.5 Å². The molecule has 1 rings (SSSR count). The molecular formula is C13H19N3O4. The maximum Gasteiger partial charge on any atom is 0.310 e. The number of ether oxygens (including phenoxy) is 1. The first kappa shape index (κ1) is 15.9. The van der Waals surface area contributed by atoms with Gasteiger partial charge in [-0.25, -0.2) is 0 Å². The lowest BCUT2D eigenvalue weighted by molar-refractivity contribution is -0.385. The largest absolute Gasteiger partial charge is 0.486 e. The maximum absolute atomic E-state index is 11.8. The van der Waals surface area contributed by atoms with Crippen molar-refractivity contribution in [1.82, 2.24) is 4.90 Å². The van der Waals surface area contributed by atoms with Gasteiger partial charge >= 0.3 is 5.69 Å². The number of hydrogen-bond donors (Lipinski definition) is 1. The van der Waals surface area contributed by atoms with Gasteiger partial charge in [0.1, 0.15) is 0 Å². The van der Waals surface area contributed by atoms with E-state index in [-0.39, 0.29) is 36.4 Å². The van der Waals surface area contributed by atoms with Crippen molar-refractivity contribution in [2.75, 3.05) is 20.2 Å². The van der Waals surface area contributed by atoms with E-state index in [2.05, 4.69) is 0 Å². The van der Waals surface area contributed by atoms with Gasteiger partial charge in [-0.05, 0) is 13.0 Å². The van der Waals surface area contributed by atoms with E-state index >= 15 is 0 Å². The fourth-order valence-corrected chi connectivity index (χ4v) is 1.56. The summed E-state index contributed by atoms with van der Waals surface area (Å²) >= 11 is 0. The van der Waals surface area contributed by atoms with E-state index in [0.717, 1.165) is 0 Å². The van der Waals surface area contributed by atoms with Crippen LogP contribution in [0, 0.1) is 10.1 Å². The zero-order valence-corrected chi connectivity index (χ0v) is 11.6. The van der Waals surface area contributed by atoms with Gasteiger partial charge in [-0.15, -0.1) is 0 Å². The number of hydrogen-bond acceptors (Lipinski definition) is 5. The number of nitro benzene ring substituents is 1. The number of nitrogens with zero attached hydrogens (tertiary/aromatic N) is 2. The first-order valence-corrected chi connectivity index (χ1v) is 6.29. The van der Waals surface area contributed by atoms with Crippen molar-refractivity contribution in [2.45, 2.75) is 19.4 Å². The molecule has 0 spiro atoms. The van der Waals surface area contributed by atoms with Crippen molar-refractivity contribution in [3.63, 3.8) is 0 Å². The van der Waals surface area contributed by atoms with E-state index in [0.29, 0.717) is 6.54 Å². The Hall–Kier alpha value is -2.15. The highest BCUT2D eigenvalue weighted by Gasteiger charge is 2.16. The Morgan fingerprint density at radius 2 is 2.15 bits per heavy atom. The van der Waals surface area contributed by atoms with E-state index in [1.54, 1.807) is 24.1 Å². The van der Waals surface area contributed by atoms with Crippen molar-refractivity contribution >= 4 is 11.6 Å². The van der Waals surface area contributed by atoms with E-state index in [9.17, 15) is 14.9 Å². The number of carbonyl (C=O) groups is 1. The molecule has 0 aliphatic heterocycles. The Morgan fingerprint density at radius 3 is 2.75 bits per heavy atom. The van der Waals surface area contributed by atoms with Gasteiger partial charge in [0, 0.05) is 25.7 Å². The third-order valence-electron chi connectivity index (χ3n) is 3.03. The summed E-state index contributed by atoms with van der Waals surface area (Å²) in [5.74, 6) is 0.0568. The van der Waals surface area contributed by atoms with Gasteiger partial charge < -0.3 is 15.4 Å². The number of carbonyl (C=O) groups excluding carboxylic acids is 1. The molecule has 7 heteroatoms. The van der Waals surface area contributed by atoms with Crippen LogP contribution in [0.25, 0.3) is 0 Å². The minimum Gasteiger partial charge on any atom is -0.486 e. The SMILES string of the molecule is CC(CN)N(C)C(=O)CCOc1ccccc1[N+](=O)[O-]. The van der Waals surface area contributed by atoms with Gasteiger partial charge in [0.2, 0.25) is 5.91 Å². The second kappa shape index (κ2) is 7.44. The Morgan fingerprint density at radius 1 is 1.50 bits per heavy atom. The van der Waals surface area contributed by atoms with E-state index in [1.807, 2.05) is 6.92 Å². The molecule has 2 N–H and O–H groups in total. The predicted octanol–water partition coefficient (Wildman–Crippen LogP) is 1.17. The molecule has 0 aliphatic carbocycles. The Labute approximate surface area is 117 Å². The number of para-hydroxylation sites is 2. The maximum atomic E-state index is 11.8. The van der Waals surface area contributed by atoms with Gasteiger partial charge in [-0.1, -0.05) is 12.1 Å².